The van der Waals surface area contributed by atoms with Crippen molar-refractivity contribution in [3.05, 3.63) is 65.9 Å². The molecule has 1 saturated heterocycles. The molecule has 0 spiro atoms. The molecule has 1 aliphatic heterocycles. The zero-order chi connectivity index (χ0) is 19.5. The highest BCUT2D eigenvalue weighted by atomic mass is 16.2. The number of rotatable bonds is 4. The van der Waals surface area contributed by atoms with E-state index in [-0.39, 0.29) is 17.9 Å². The second-order valence-electron chi connectivity index (χ2n) is 7.19. The number of benzene rings is 2. The van der Waals surface area contributed by atoms with Gasteiger partial charge in [0.2, 0.25) is 5.91 Å². The van der Waals surface area contributed by atoms with Crippen LogP contribution in [-0.2, 0) is 11.3 Å². The van der Waals surface area contributed by atoms with E-state index in [1.807, 2.05) is 59.5 Å². The minimum atomic E-state index is -0.120. The van der Waals surface area contributed by atoms with Crippen molar-refractivity contribution in [1.82, 2.24) is 20.0 Å². The summed E-state index contributed by atoms with van der Waals surface area (Å²) in [4.78, 5) is 29.7. The van der Waals surface area contributed by atoms with E-state index in [0.717, 1.165) is 22.9 Å². The summed E-state index contributed by atoms with van der Waals surface area (Å²) in [5.74, 6) is -0.0249. The van der Waals surface area contributed by atoms with E-state index in [1.54, 1.807) is 4.90 Å². The van der Waals surface area contributed by atoms with Crippen molar-refractivity contribution < 1.29 is 9.59 Å². The Morgan fingerprint density at radius 2 is 1.89 bits per heavy atom. The van der Waals surface area contributed by atoms with Gasteiger partial charge in [0.15, 0.2) is 5.69 Å². The van der Waals surface area contributed by atoms with E-state index >= 15 is 0 Å². The lowest BCUT2D eigenvalue weighted by Crippen LogP contribution is -2.43. The first-order valence-electron chi connectivity index (χ1n) is 9.73. The van der Waals surface area contributed by atoms with Gasteiger partial charge in [-0.25, -0.2) is 0 Å². The van der Waals surface area contributed by atoms with E-state index in [2.05, 4.69) is 17.1 Å². The maximum Gasteiger partial charge on any atom is 0.275 e. The summed E-state index contributed by atoms with van der Waals surface area (Å²) in [7, 11) is 0. The van der Waals surface area contributed by atoms with E-state index < -0.39 is 0 Å². The van der Waals surface area contributed by atoms with Gasteiger partial charge < -0.3 is 9.80 Å². The molecule has 1 aliphatic rings. The summed E-state index contributed by atoms with van der Waals surface area (Å²) in [6.07, 6.45) is 1.13. The standard InChI is InChI=1S/C22H24N4O2/c1-2-17-15-25(22(28)21-18-10-6-7-11-19(18)23-24-21)13-12-20(27)26(17)14-16-8-4-3-5-9-16/h3-11,17H,2,12-15H2,1H3,(H,23,24)/t17-/m1/s1. The molecule has 1 aromatic heterocycles. The number of hydrogen-bond acceptors (Lipinski definition) is 3. The second-order valence-corrected chi connectivity index (χ2v) is 7.19. The van der Waals surface area contributed by atoms with Gasteiger partial charge in [-0.05, 0) is 18.1 Å². The summed E-state index contributed by atoms with van der Waals surface area (Å²) >= 11 is 0. The number of hydrogen-bond donors (Lipinski definition) is 1. The topological polar surface area (TPSA) is 69.3 Å². The molecule has 0 radical (unpaired) electrons. The first-order chi connectivity index (χ1) is 13.7. The van der Waals surface area contributed by atoms with Crippen LogP contribution < -0.4 is 0 Å². The highest BCUT2D eigenvalue weighted by Crippen LogP contribution is 2.21. The average Bonchev–Trinajstić information content (AvgIpc) is 3.10. The molecule has 3 aromatic rings. The Morgan fingerprint density at radius 3 is 2.68 bits per heavy atom. The fourth-order valence-electron chi connectivity index (χ4n) is 3.83. The van der Waals surface area contributed by atoms with E-state index in [1.165, 1.54) is 0 Å². The summed E-state index contributed by atoms with van der Waals surface area (Å²) in [6, 6.07) is 17.6. The van der Waals surface area contributed by atoms with Crippen LogP contribution in [0.4, 0.5) is 0 Å². The summed E-state index contributed by atoms with van der Waals surface area (Å²) in [5.41, 5.74) is 2.37. The number of amides is 2. The number of aromatic nitrogens is 2. The third kappa shape index (κ3) is 3.50. The van der Waals surface area contributed by atoms with Crippen molar-refractivity contribution in [2.75, 3.05) is 13.1 Å². The maximum atomic E-state index is 13.2. The summed E-state index contributed by atoms with van der Waals surface area (Å²) < 4.78 is 0. The number of nitrogens with one attached hydrogen (secondary N) is 1. The number of para-hydroxylation sites is 1. The van der Waals surface area contributed by atoms with Crippen LogP contribution in [0.2, 0.25) is 0 Å². The Morgan fingerprint density at radius 1 is 1.14 bits per heavy atom. The van der Waals surface area contributed by atoms with Gasteiger partial charge in [-0.15, -0.1) is 0 Å². The van der Waals surface area contributed by atoms with Crippen molar-refractivity contribution in [3.63, 3.8) is 0 Å². The van der Waals surface area contributed by atoms with E-state index in [4.69, 9.17) is 0 Å². The predicted octanol–water partition coefficient (Wildman–Crippen LogP) is 3.22. The molecule has 0 aliphatic carbocycles. The van der Waals surface area contributed by atoms with Crippen molar-refractivity contribution in [3.8, 4) is 0 Å². The fraction of sp³-hybridized carbons (Fsp3) is 0.318. The van der Waals surface area contributed by atoms with Crippen molar-refractivity contribution in [1.29, 1.82) is 0 Å². The molecule has 2 heterocycles. The van der Waals surface area contributed by atoms with Crippen molar-refractivity contribution in [2.45, 2.75) is 32.4 Å². The fourth-order valence-corrected chi connectivity index (χ4v) is 3.83. The van der Waals surface area contributed by atoms with Crippen molar-refractivity contribution >= 4 is 22.7 Å². The van der Waals surface area contributed by atoms with E-state index in [0.29, 0.717) is 31.7 Å². The Hall–Kier alpha value is -3.15. The predicted molar refractivity (Wildman–Crippen MR) is 108 cm³/mol. The minimum absolute atomic E-state index is 0.00985. The van der Waals surface area contributed by atoms with Gasteiger partial charge in [-0.2, -0.15) is 5.10 Å². The molecular weight excluding hydrogens is 352 g/mol. The van der Waals surface area contributed by atoms with Crippen LogP contribution in [0.25, 0.3) is 10.9 Å². The number of carbonyl (C=O) groups excluding carboxylic acids is 2. The number of aromatic amines is 1. The second kappa shape index (κ2) is 7.84. The average molecular weight is 376 g/mol. The number of fused-ring (bicyclic) bond motifs is 1. The zero-order valence-electron chi connectivity index (χ0n) is 16.0. The molecule has 2 aromatic carbocycles. The van der Waals surface area contributed by atoms with Crippen LogP contribution in [0.3, 0.4) is 0 Å². The Balaban J connectivity index is 1.57. The van der Waals surface area contributed by atoms with Gasteiger partial charge in [0, 0.05) is 37.5 Å². The smallest absolute Gasteiger partial charge is 0.275 e. The van der Waals surface area contributed by atoms with Crippen LogP contribution >= 0.6 is 0 Å². The minimum Gasteiger partial charge on any atom is -0.335 e. The zero-order valence-corrected chi connectivity index (χ0v) is 16.0. The summed E-state index contributed by atoms with van der Waals surface area (Å²) in [6.45, 7) is 3.58. The lowest BCUT2D eigenvalue weighted by atomic mass is 10.1. The van der Waals surface area contributed by atoms with Gasteiger partial charge in [-0.3, -0.25) is 14.7 Å². The highest BCUT2D eigenvalue weighted by molar-refractivity contribution is 6.04. The molecule has 28 heavy (non-hydrogen) atoms. The van der Waals surface area contributed by atoms with Gasteiger partial charge in [0.05, 0.1) is 5.52 Å². The Bertz CT molecular complexity index is 982. The van der Waals surface area contributed by atoms with Gasteiger partial charge in [0.25, 0.3) is 5.91 Å². The quantitative estimate of drug-likeness (QED) is 0.760. The van der Waals surface area contributed by atoms with Gasteiger partial charge in [0.1, 0.15) is 0 Å². The third-order valence-electron chi connectivity index (χ3n) is 5.41. The summed E-state index contributed by atoms with van der Waals surface area (Å²) in [5, 5.41) is 7.98. The molecule has 144 valence electrons. The molecule has 0 bridgehead atoms. The van der Waals surface area contributed by atoms with Gasteiger partial charge >= 0.3 is 0 Å². The third-order valence-corrected chi connectivity index (χ3v) is 5.41. The van der Waals surface area contributed by atoms with Crippen LogP contribution in [0.15, 0.2) is 54.6 Å². The first kappa shape index (κ1) is 18.2. The van der Waals surface area contributed by atoms with Crippen LogP contribution in [0.5, 0.6) is 0 Å². The van der Waals surface area contributed by atoms with Crippen LogP contribution in [0.1, 0.15) is 35.8 Å². The molecule has 6 heteroatoms. The van der Waals surface area contributed by atoms with Crippen molar-refractivity contribution in [2.24, 2.45) is 0 Å². The molecule has 1 atom stereocenters. The molecular formula is C22H24N4O2. The monoisotopic (exact) mass is 376 g/mol. The Kier molecular flexibility index (Phi) is 5.10. The number of H-pyrrole nitrogens is 1. The van der Waals surface area contributed by atoms with E-state index in [9.17, 15) is 9.59 Å². The Labute approximate surface area is 164 Å². The molecule has 1 fully saturated rings. The molecule has 0 unspecified atom stereocenters. The molecule has 6 nitrogen and oxygen atoms in total. The number of nitrogens with zero attached hydrogens (tertiary/aromatic N) is 3. The lowest BCUT2D eigenvalue weighted by Gasteiger charge is -2.31. The van der Waals surface area contributed by atoms with Crippen LogP contribution in [0, 0.1) is 0 Å². The first-order valence-corrected chi connectivity index (χ1v) is 9.73. The molecule has 2 amide bonds. The molecule has 1 N–H and O–H groups in total. The number of carbonyl (C=O) groups is 2. The molecule has 0 saturated carbocycles. The maximum absolute atomic E-state index is 13.2. The van der Waals surface area contributed by atoms with Gasteiger partial charge in [-0.1, -0.05) is 55.5 Å². The molecule has 4 rings (SSSR count). The normalized spacial score (nSPS) is 17.8. The lowest BCUT2D eigenvalue weighted by molar-refractivity contribution is -0.133. The largest absolute Gasteiger partial charge is 0.335 e. The SMILES string of the molecule is CC[C@@H]1CN(C(=O)c2n[nH]c3ccccc23)CCC(=O)N1Cc1ccccc1. The van der Waals surface area contributed by atoms with Crippen LogP contribution in [-0.4, -0.2) is 50.9 Å². The highest BCUT2D eigenvalue weighted by Gasteiger charge is 2.32.